The molecule has 72 heavy (non-hydrogen) atoms. The maximum Gasteiger partial charge on any atom is 0.358 e. The number of nitrogens with zero attached hydrogens (tertiary/aromatic N) is 2. The third-order valence-corrected chi connectivity index (χ3v) is 16.8. The number of aliphatic carboxylic acids is 2. The van der Waals surface area contributed by atoms with E-state index in [1.165, 1.54) is 12.8 Å². The Labute approximate surface area is 443 Å². The summed E-state index contributed by atoms with van der Waals surface area (Å²) in [6.45, 7) is -1.65. The van der Waals surface area contributed by atoms with Gasteiger partial charge in [0.1, 0.15) is 39.6 Å². The fraction of sp³-hybridized carbons (Fsp3) is 0.767. The molecule has 3 atom stereocenters. The Kier molecular flexibility index (Phi) is 35.3. The number of Topliss-reactive ketones (excluding diaryl/α,β-unsaturated/α-hetero) is 2. The molecule has 5 rings (SSSR count). The van der Waals surface area contributed by atoms with Crippen molar-refractivity contribution in [2.24, 2.45) is 22.9 Å². The monoisotopic (exact) mass is 1130 g/mol. The van der Waals surface area contributed by atoms with Gasteiger partial charge in [0.2, 0.25) is 0 Å². The summed E-state index contributed by atoms with van der Waals surface area (Å²) in [5, 5.41) is 16.5. The summed E-state index contributed by atoms with van der Waals surface area (Å²) in [7, 11) is 11.5. The van der Waals surface area contributed by atoms with E-state index in [-0.39, 0.29) is 50.5 Å². The van der Waals surface area contributed by atoms with Gasteiger partial charge < -0.3 is 57.0 Å². The van der Waals surface area contributed by atoms with Gasteiger partial charge in [-0.2, -0.15) is 0 Å². The van der Waals surface area contributed by atoms with Gasteiger partial charge in [0, 0.05) is 56.7 Å². The van der Waals surface area contributed by atoms with Crippen LogP contribution in [-0.2, 0) is 71.8 Å². The molecule has 0 aromatic rings. The van der Waals surface area contributed by atoms with Gasteiger partial charge in [0.15, 0.2) is 11.6 Å². The fourth-order valence-corrected chi connectivity index (χ4v) is 10.6. The van der Waals surface area contributed by atoms with E-state index in [0.29, 0.717) is 41.1 Å². The van der Waals surface area contributed by atoms with E-state index in [4.69, 9.17) is 37.9 Å². The number of hydrogen-bond acceptors (Lipinski definition) is 25. The first-order valence-electron chi connectivity index (χ1n) is 23.6. The molecule has 0 radical (unpaired) electrons. The Morgan fingerprint density at radius 1 is 0.472 bits per heavy atom. The maximum atomic E-state index is 11.8. The van der Waals surface area contributed by atoms with Gasteiger partial charge in [-0.15, -0.1) is 10.1 Å². The second kappa shape index (κ2) is 38.8. The second-order valence-corrected chi connectivity index (χ2v) is 25.7. The molecule has 0 aromatic carbocycles. The number of hydrogen-bond donors (Lipinski definition) is 6. The van der Waals surface area contributed by atoms with Crippen molar-refractivity contribution >= 4 is 124 Å². The Hall–Kier alpha value is -2.68. The number of carbonyl (C=O) groups excluding carboxylic acids is 8. The Morgan fingerprint density at radius 3 is 1.08 bits per heavy atom. The quantitative estimate of drug-likeness (QED) is 0.0224. The van der Waals surface area contributed by atoms with E-state index in [2.05, 4.69) is 19.1 Å². The zero-order chi connectivity index (χ0) is 53.3. The Morgan fingerprint density at radius 2 is 0.778 bits per heavy atom. The number of carboxylic acids is 2. The van der Waals surface area contributed by atoms with Gasteiger partial charge in [-0.05, 0) is 64.3 Å². The van der Waals surface area contributed by atoms with Crippen LogP contribution in [0, 0.1) is 0 Å². The summed E-state index contributed by atoms with van der Waals surface area (Å²) in [5.41, 5.74) is 23.4. The smallest absolute Gasteiger partial charge is 0.358 e. The minimum atomic E-state index is -1.17. The van der Waals surface area contributed by atoms with Crippen molar-refractivity contribution in [1.29, 1.82) is 0 Å². The minimum Gasteiger partial charge on any atom is -0.480 e. The number of unbranched alkanes of at least 4 members (excludes halogenated alkanes) is 5. The molecule has 4 amide bonds. The van der Waals surface area contributed by atoms with Crippen molar-refractivity contribution in [3.05, 3.63) is 0 Å². The highest BCUT2D eigenvalue weighted by molar-refractivity contribution is 8.93. The summed E-state index contributed by atoms with van der Waals surface area (Å²) in [4.78, 5) is 119. The standard InChI is InChI=1S/C20H36N2O3S4.C12H12N2O9.C7H16N2S2.C4H6O5/c21-15(11-19-26-27-19)7-3-1-5-9-17(23)13-25-14-18(24)10-6-2-4-8-16(22)12-20-28-29-20;15-7-1-2-8(16)13(7)22-11(19)5-21-6-12(20)23-14-9(17)3-4-10(14)18;8-4-2-1-3-6(9)5-7-10-11-7;5-3(6)1-9-2-4(7)8/h15-16,19-20H,1-14,21-22H2;1-6H2;6-7H,1-5,8-9H2;1-2H2,(H,5,6)(H,7,8). The maximum absolute atomic E-state index is 11.8. The normalized spacial score (nSPS) is 17.4. The molecule has 3 unspecified atom stereocenters. The predicted octanol–water partition coefficient (Wildman–Crippen LogP) is 3.86. The molecule has 10 N–H and O–H groups in total. The van der Waals surface area contributed by atoms with Crippen LogP contribution in [0.5, 0.6) is 0 Å². The summed E-state index contributed by atoms with van der Waals surface area (Å²) < 4.78 is 16.4. The van der Waals surface area contributed by atoms with Crippen LogP contribution in [-0.4, -0.2) is 157 Å². The fourth-order valence-electron chi connectivity index (χ4n) is 6.25. The van der Waals surface area contributed by atoms with Crippen LogP contribution in [0.4, 0.5) is 0 Å². The lowest BCUT2D eigenvalue weighted by atomic mass is 10.0. The van der Waals surface area contributed by atoms with Gasteiger partial charge in [-0.3, -0.25) is 28.8 Å². The molecule has 5 fully saturated rings. The molecule has 5 heterocycles. The van der Waals surface area contributed by atoms with Crippen molar-refractivity contribution < 1.29 is 82.0 Å². The first-order chi connectivity index (χ1) is 34.4. The Balaban J connectivity index is 0.000000364. The molecule has 0 aromatic heterocycles. The first-order valence-corrected chi connectivity index (χ1v) is 30.5. The number of carboxylic acid groups (broad SMARTS) is 2. The number of nitrogens with two attached hydrogens (primary N) is 4. The van der Waals surface area contributed by atoms with Crippen LogP contribution in [0.2, 0.25) is 0 Å². The molecule has 5 saturated heterocycles. The van der Waals surface area contributed by atoms with E-state index < -0.39 is 73.9 Å². The van der Waals surface area contributed by atoms with E-state index in [0.717, 1.165) is 97.3 Å². The number of ether oxygens (including phenoxy) is 3. The highest BCUT2D eigenvalue weighted by Gasteiger charge is 2.34. The number of rotatable bonds is 36. The molecular formula is C43H70N6O17S6. The zero-order valence-electron chi connectivity index (χ0n) is 40.2. The van der Waals surface area contributed by atoms with Crippen molar-refractivity contribution in [2.75, 3.05) is 46.2 Å². The van der Waals surface area contributed by atoms with Crippen LogP contribution < -0.4 is 22.9 Å². The molecule has 0 bridgehead atoms. The molecule has 23 nitrogen and oxygen atoms in total. The Bertz CT molecular complexity index is 1610. The number of ketones is 2. The molecule has 5 aliphatic rings. The highest BCUT2D eigenvalue weighted by Crippen LogP contribution is 2.56. The van der Waals surface area contributed by atoms with E-state index in [1.54, 1.807) is 0 Å². The van der Waals surface area contributed by atoms with Gasteiger partial charge in [0.05, 0.1) is 13.7 Å². The van der Waals surface area contributed by atoms with Crippen LogP contribution in [0.3, 0.4) is 0 Å². The average Bonchev–Trinajstić information content (AvgIpc) is 4.24. The first kappa shape index (κ1) is 65.4. The van der Waals surface area contributed by atoms with Crippen LogP contribution >= 0.6 is 64.8 Å². The number of carbonyl (C=O) groups is 10. The molecule has 0 saturated carbocycles. The summed E-state index contributed by atoms with van der Waals surface area (Å²) in [5.74, 6) is -6.86. The van der Waals surface area contributed by atoms with Crippen molar-refractivity contribution in [3.8, 4) is 0 Å². The highest BCUT2D eigenvalue weighted by atomic mass is 33.2. The van der Waals surface area contributed by atoms with Gasteiger partial charge in [-0.25, -0.2) is 19.2 Å². The number of imide groups is 2. The van der Waals surface area contributed by atoms with E-state index in [9.17, 15) is 47.9 Å². The van der Waals surface area contributed by atoms with Crippen molar-refractivity contribution in [2.45, 2.75) is 160 Å². The summed E-state index contributed by atoms with van der Waals surface area (Å²) >= 11 is 0. The predicted molar refractivity (Wildman–Crippen MR) is 276 cm³/mol. The number of hydroxylamine groups is 4. The molecule has 5 aliphatic heterocycles. The topological polar surface area (TPSA) is 368 Å². The molecule has 29 heteroatoms. The van der Waals surface area contributed by atoms with E-state index in [1.807, 2.05) is 64.8 Å². The van der Waals surface area contributed by atoms with Crippen LogP contribution in [0.25, 0.3) is 0 Å². The minimum absolute atomic E-state index is 0.0445. The lowest BCUT2D eigenvalue weighted by Crippen LogP contribution is -2.35. The van der Waals surface area contributed by atoms with Crippen molar-refractivity contribution in [3.63, 3.8) is 0 Å². The third-order valence-electron chi connectivity index (χ3n) is 10.1. The van der Waals surface area contributed by atoms with Crippen LogP contribution in [0.15, 0.2) is 0 Å². The average molecular weight is 1140 g/mol. The van der Waals surface area contributed by atoms with Gasteiger partial charge >= 0.3 is 23.9 Å². The van der Waals surface area contributed by atoms with E-state index >= 15 is 0 Å². The SMILES string of the molecule is NC(CCCCCC(=O)COCC(=O)CCCCCC(N)CC1SS1)CC1SS1.NCCCCC(N)CC1SS1.O=C(COCC(=O)ON1C(=O)CCC1=O)ON1C(=O)CCC1=O.O=C(O)COCC(=O)O. The summed E-state index contributed by atoms with van der Waals surface area (Å²) in [6.07, 6.45) is 15.8. The molecular weight excluding hydrogens is 1060 g/mol. The lowest BCUT2D eigenvalue weighted by molar-refractivity contribution is -0.205. The van der Waals surface area contributed by atoms with Crippen molar-refractivity contribution in [1.82, 2.24) is 10.1 Å². The second-order valence-electron chi connectivity index (χ2n) is 16.8. The molecule has 0 spiro atoms. The molecule has 410 valence electrons. The lowest BCUT2D eigenvalue weighted by Gasteiger charge is -2.13. The molecule has 0 aliphatic carbocycles. The largest absolute Gasteiger partial charge is 0.480 e. The summed E-state index contributed by atoms with van der Waals surface area (Å²) in [6, 6.07) is 1.00. The third kappa shape index (κ3) is 35.5. The van der Waals surface area contributed by atoms with Crippen LogP contribution in [0.1, 0.15) is 128 Å². The van der Waals surface area contributed by atoms with Gasteiger partial charge in [0.25, 0.3) is 23.6 Å². The number of amides is 4. The zero-order valence-corrected chi connectivity index (χ0v) is 45.1. The van der Waals surface area contributed by atoms with Gasteiger partial charge in [-0.1, -0.05) is 96.9 Å².